The van der Waals surface area contributed by atoms with Gasteiger partial charge in [-0.1, -0.05) is 0 Å². The van der Waals surface area contributed by atoms with Crippen LogP contribution in [0, 0.1) is 0 Å². The molecule has 1 rings (SSSR count). The summed E-state index contributed by atoms with van der Waals surface area (Å²) < 4.78 is 1.71. The van der Waals surface area contributed by atoms with Gasteiger partial charge in [-0.2, -0.15) is 5.10 Å². The molecular formula is C9H16N4O2. The first kappa shape index (κ1) is 11.7. The van der Waals surface area contributed by atoms with Gasteiger partial charge < -0.3 is 10.8 Å². The fourth-order valence-corrected chi connectivity index (χ4v) is 1.34. The second-order valence-corrected chi connectivity index (χ2v) is 3.66. The summed E-state index contributed by atoms with van der Waals surface area (Å²) in [5.74, 6) is -0.979. The van der Waals surface area contributed by atoms with Crippen LogP contribution in [0.5, 0.6) is 0 Å². The van der Waals surface area contributed by atoms with E-state index in [0.717, 1.165) is 5.56 Å². The van der Waals surface area contributed by atoms with Crippen LogP contribution in [-0.2, 0) is 18.4 Å². The maximum atomic E-state index is 10.5. The molecule has 1 atom stereocenters. The summed E-state index contributed by atoms with van der Waals surface area (Å²) in [6, 6.07) is -0.841. The molecule has 0 radical (unpaired) electrons. The smallest absolute Gasteiger partial charge is 0.321 e. The number of rotatable bonds is 5. The summed E-state index contributed by atoms with van der Waals surface area (Å²) in [7, 11) is 3.67. The van der Waals surface area contributed by atoms with Crippen molar-refractivity contribution in [3.8, 4) is 0 Å². The summed E-state index contributed by atoms with van der Waals surface area (Å²) in [6.07, 6.45) is 3.64. The highest BCUT2D eigenvalue weighted by atomic mass is 16.4. The van der Waals surface area contributed by atoms with Crippen LogP contribution in [-0.4, -0.2) is 45.4 Å². The van der Waals surface area contributed by atoms with Gasteiger partial charge in [-0.3, -0.25) is 14.4 Å². The van der Waals surface area contributed by atoms with E-state index in [4.69, 9.17) is 10.8 Å². The minimum atomic E-state index is -0.979. The van der Waals surface area contributed by atoms with Crippen LogP contribution in [0.4, 0.5) is 0 Å². The molecule has 0 spiro atoms. The van der Waals surface area contributed by atoms with Crippen LogP contribution in [0.25, 0.3) is 0 Å². The molecular weight excluding hydrogens is 196 g/mol. The molecule has 84 valence electrons. The van der Waals surface area contributed by atoms with Crippen molar-refractivity contribution in [3.05, 3.63) is 18.0 Å². The van der Waals surface area contributed by atoms with Crippen molar-refractivity contribution in [2.24, 2.45) is 12.8 Å². The Morgan fingerprint density at radius 2 is 2.47 bits per heavy atom. The van der Waals surface area contributed by atoms with E-state index in [9.17, 15) is 4.79 Å². The number of aliphatic carboxylic acids is 1. The number of nitrogens with zero attached hydrogens (tertiary/aromatic N) is 3. The van der Waals surface area contributed by atoms with E-state index in [1.807, 2.05) is 25.2 Å². The van der Waals surface area contributed by atoms with Gasteiger partial charge >= 0.3 is 5.97 Å². The van der Waals surface area contributed by atoms with Crippen LogP contribution in [0.3, 0.4) is 0 Å². The summed E-state index contributed by atoms with van der Waals surface area (Å²) in [6.45, 7) is 0.971. The standard InChI is InChI=1S/C9H16N4O2/c1-12(6-8(10)9(14)15)4-7-3-11-13(2)5-7/h3,5,8H,4,6,10H2,1-2H3,(H,14,15). The van der Waals surface area contributed by atoms with Crippen LogP contribution in [0.15, 0.2) is 12.4 Å². The monoisotopic (exact) mass is 212 g/mol. The van der Waals surface area contributed by atoms with Crippen molar-refractivity contribution >= 4 is 5.97 Å². The normalized spacial score (nSPS) is 13.1. The lowest BCUT2D eigenvalue weighted by Gasteiger charge is -2.17. The molecule has 0 aliphatic carbocycles. The minimum Gasteiger partial charge on any atom is -0.480 e. The second kappa shape index (κ2) is 4.90. The number of carboxylic acid groups (broad SMARTS) is 1. The fraction of sp³-hybridized carbons (Fsp3) is 0.556. The number of aryl methyl sites for hydroxylation is 1. The average Bonchev–Trinajstić information content (AvgIpc) is 2.50. The topological polar surface area (TPSA) is 84.4 Å². The first-order valence-corrected chi connectivity index (χ1v) is 4.63. The number of aromatic nitrogens is 2. The van der Waals surface area contributed by atoms with Gasteiger partial charge in [-0.05, 0) is 7.05 Å². The van der Waals surface area contributed by atoms with Crippen molar-refractivity contribution < 1.29 is 9.90 Å². The van der Waals surface area contributed by atoms with E-state index in [2.05, 4.69) is 5.10 Å². The fourth-order valence-electron chi connectivity index (χ4n) is 1.34. The zero-order valence-electron chi connectivity index (χ0n) is 8.92. The zero-order valence-corrected chi connectivity index (χ0v) is 8.92. The number of likely N-dealkylation sites (N-methyl/N-ethyl adjacent to an activating group) is 1. The van der Waals surface area contributed by atoms with Crippen molar-refractivity contribution in [3.63, 3.8) is 0 Å². The number of nitrogens with two attached hydrogens (primary N) is 1. The summed E-state index contributed by atoms with van der Waals surface area (Å²) >= 11 is 0. The van der Waals surface area contributed by atoms with Gasteiger partial charge in [0.15, 0.2) is 0 Å². The third-order valence-electron chi connectivity index (χ3n) is 2.04. The Morgan fingerprint density at radius 1 is 1.80 bits per heavy atom. The molecule has 1 heterocycles. The highest BCUT2D eigenvalue weighted by molar-refractivity contribution is 5.73. The zero-order chi connectivity index (χ0) is 11.4. The van der Waals surface area contributed by atoms with Gasteiger partial charge in [-0.15, -0.1) is 0 Å². The van der Waals surface area contributed by atoms with Crippen molar-refractivity contribution in [2.45, 2.75) is 12.6 Å². The van der Waals surface area contributed by atoms with Crippen molar-refractivity contribution in [1.29, 1.82) is 0 Å². The molecule has 3 N–H and O–H groups in total. The van der Waals surface area contributed by atoms with E-state index in [1.54, 1.807) is 10.9 Å². The molecule has 6 heteroatoms. The molecule has 1 aromatic rings. The predicted molar refractivity (Wildman–Crippen MR) is 55.2 cm³/mol. The average molecular weight is 212 g/mol. The molecule has 0 aliphatic heterocycles. The van der Waals surface area contributed by atoms with Gasteiger partial charge in [0.1, 0.15) is 6.04 Å². The predicted octanol–water partition coefficient (Wildman–Crippen LogP) is -0.736. The summed E-state index contributed by atoms with van der Waals surface area (Å²) in [5.41, 5.74) is 6.45. The van der Waals surface area contributed by atoms with Gasteiger partial charge in [0.2, 0.25) is 0 Å². The molecule has 1 aromatic heterocycles. The van der Waals surface area contributed by atoms with Crippen molar-refractivity contribution in [2.75, 3.05) is 13.6 Å². The summed E-state index contributed by atoms with van der Waals surface area (Å²) in [4.78, 5) is 12.4. The third kappa shape index (κ3) is 3.69. The Bertz CT molecular complexity index is 337. The number of carbonyl (C=O) groups is 1. The molecule has 0 aromatic carbocycles. The van der Waals surface area contributed by atoms with E-state index < -0.39 is 12.0 Å². The molecule has 15 heavy (non-hydrogen) atoms. The number of hydrogen-bond donors (Lipinski definition) is 2. The maximum absolute atomic E-state index is 10.5. The minimum absolute atomic E-state index is 0.324. The molecule has 0 saturated carbocycles. The van der Waals surface area contributed by atoms with Crippen molar-refractivity contribution in [1.82, 2.24) is 14.7 Å². The number of carboxylic acids is 1. The molecule has 0 aliphatic rings. The summed E-state index contributed by atoms with van der Waals surface area (Å²) in [5, 5.41) is 12.7. The Balaban J connectivity index is 2.42. The maximum Gasteiger partial charge on any atom is 0.321 e. The number of hydrogen-bond acceptors (Lipinski definition) is 4. The van der Waals surface area contributed by atoms with Crippen LogP contribution in [0.2, 0.25) is 0 Å². The highest BCUT2D eigenvalue weighted by Crippen LogP contribution is 2.01. The van der Waals surface area contributed by atoms with Gasteiger partial charge in [0.25, 0.3) is 0 Å². The van der Waals surface area contributed by atoms with Crippen LogP contribution >= 0.6 is 0 Å². The van der Waals surface area contributed by atoms with Gasteiger partial charge in [0.05, 0.1) is 6.20 Å². The SMILES string of the molecule is CN(Cc1cnn(C)c1)CC(N)C(=O)O. The Morgan fingerprint density at radius 3 is 2.93 bits per heavy atom. The highest BCUT2D eigenvalue weighted by Gasteiger charge is 2.14. The lowest BCUT2D eigenvalue weighted by molar-refractivity contribution is -0.138. The Labute approximate surface area is 88.3 Å². The van der Waals surface area contributed by atoms with Gasteiger partial charge in [0, 0.05) is 31.9 Å². The Hall–Kier alpha value is -1.40. The molecule has 0 fully saturated rings. The van der Waals surface area contributed by atoms with Gasteiger partial charge in [-0.25, -0.2) is 0 Å². The lowest BCUT2D eigenvalue weighted by Crippen LogP contribution is -2.40. The molecule has 6 nitrogen and oxygen atoms in total. The first-order chi connectivity index (χ1) is 6.99. The Kier molecular flexibility index (Phi) is 3.81. The van der Waals surface area contributed by atoms with E-state index in [1.165, 1.54) is 0 Å². The second-order valence-electron chi connectivity index (χ2n) is 3.66. The lowest BCUT2D eigenvalue weighted by atomic mass is 10.2. The first-order valence-electron chi connectivity index (χ1n) is 4.63. The third-order valence-corrected chi connectivity index (χ3v) is 2.04. The van der Waals surface area contributed by atoms with E-state index in [-0.39, 0.29) is 0 Å². The largest absolute Gasteiger partial charge is 0.480 e. The van der Waals surface area contributed by atoms with Crippen LogP contribution < -0.4 is 5.73 Å². The molecule has 1 unspecified atom stereocenters. The van der Waals surface area contributed by atoms with Crippen LogP contribution in [0.1, 0.15) is 5.56 Å². The van der Waals surface area contributed by atoms with E-state index >= 15 is 0 Å². The van der Waals surface area contributed by atoms with E-state index in [0.29, 0.717) is 13.1 Å². The quantitative estimate of drug-likeness (QED) is 0.671. The molecule has 0 bridgehead atoms. The molecule has 0 amide bonds. The molecule has 0 saturated heterocycles.